The molecule has 1 aliphatic rings. The zero-order valence-electron chi connectivity index (χ0n) is 13.7. The van der Waals surface area contributed by atoms with E-state index in [0.29, 0.717) is 29.7 Å². The number of anilines is 1. The highest BCUT2D eigenvalue weighted by Gasteiger charge is 2.21. The van der Waals surface area contributed by atoms with Gasteiger partial charge in [0.25, 0.3) is 0 Å². The van der Waals surface area contributed by atoms with Gasteiger partial charge in [-0.05, 0) is 45.3 Å². The summed E-state index contributed by atoms with van der Waals surface area (Å²) in [4.78, 5) is 18.3. The van der Waals surface area contributed by atoms with E-state index in [-0.39, 0.29) is 6.03 Å². The predicted molar refractivity (Wildman–Crippen MR) is 96.8 cm³/mol. The first kappa shape index (κ1) is 18.2. The molecule has 128 valence electrons. The number of benzene rings is 1. The predicted octanol–water partition coefficient (Wildman–Crippen LogP) is 2.78. The number of piperazine rings is 1. The van der Waals surface area contributed by atoms with Gasteiger partial charge in [-0.15, -0.1) is 0 Å². The van der Waals surface area contributed by atoms with Crippen molar-refractivity contribution in [2.75, 3.05) is 58.3 Å². The van der Waals surface area contributed by atoms with Crippen molar-refractivity contribution in [2.45, 2.75) is 6.42 Å². The largest absolute Gasteiger partial charge is 0.368 e. The molecule has 1 aromatic carbocycles. The van der Waals surface area contributed by atoms with E-state index in [9.17, 15) is 4.79 Å². The highest BCUT2D eigenvalue weighted by Crippen LogP contribution is 2.27. The summed E-state index contributed by atoms with van der Waals surface area (Å²) in [6, 6.07) is 5.67. The Hall–Kier alpha value is -1.17. The van der Waals surface area contributed by atoms with Gasteiger partial charge in [0.2, 0.25) is 0 Å². The van der Waals surface area contributed by atoms with Crippen LogP contribution in [0.5, 0.6) is 0 Å². The Kier molecular flexibility index (Phi) is 6.81. The molecular formula is C16H24Cl2N4O. The third kappa shape index (κ3) is 5.44. The number of rotatable bonds is 5. The highest BCUT2D eigenvalue weighted by atomic mass is 35.5. The minimum Gasteiger partial charge on any atom is -0.368 e. The second-order valence-electron chi connectivity index (χ2n) is 5.96. The molecule has 7 heteroatoms. The second kappa shape index (κ2) is 8.62. The van der Waals surface area contributed by atoms with Crippen LogP contribution in [0.15, 0.2) is 18.2 Å². The summed E-state index contributed by atoms with van der Waals surface area (Å²) in [5, 5.41) is 4.10. The van der Waals surface area contributed by atoms with E-state index in [0.717, 1.165) is 31.7 Å². The summed E-state index contributed by atoms with van der Waals surface area (Å²) in [6.45, 7) is 4.70. The molecule has 0 unspecified atom stereocenters. The summed E-state index contributed by atoms with van der Waals surface area (Å²) in [7, 11) is 4.06. The molecule has 0 aliphatic carbocycles. The Morgan fingerprint density at radius 1 is 1.17 bits per heavy atom. The maximum absolute atomic E-state index is 12.1. The molecule has 0 aromatic heterocycles. The number of urea groups is 1. The maximum atomic E-state index is 12.1. The Labute approximate surface area is 148 Å². The van der Waals surface area contributed by atoms with Crippen LogP contribution in [0.3, 0.4) is 0 Å². The van der Waals surface area contributed by atoms with Crippen molar-refractivity contribution in [1.29, 1.82) is 0 Å². The molecule has 1 aromatic rings. The molecule has 0 saturated carbocycles. The fourth-order valence-corrected chi connectivity index (χ4v) is 2.84. The van der Waals surface area contributed by atoms with Crippen LogP contribution in [0.1, 0.15) is 6.42 Å². The van der Waals surface area contributed by atoms with Gasteiger partial charge in [-0.1, -0.05) is 23.2 Å². The lowest BCUT2D eigenvalue weighted by Crippen LogP contribution is -2.52. The normalized spacial score (nSPS) is 15.2. The van der Waals surface area contributed by atoms with Gasteiger partial charge in [-0.25, -0.2) is 4.79 Å². The van der Waals surface area contributed by atoms with Crippen LogP contribution in [0.25, 0.3) is 0 Å². The highest BCUT2D eigenvalue weighted by molar-refractivity contribution is 6.42. The van der Waals surface area contributed by atoms with Crippen LogP contribution in [0, 0.1) is 0 Å². The smallest absolute Gasteiger partial charge is 0.317 e. The molecule has 0 radical (unpaired) electrons. The van der Waals surface area contributed by atoms with Crippen LogP contribution in [-0.4, -0.2) is 69.2 Å². The zero-order chi connectivity index (χ0) is 16.8. The van der Waals surface area contributed by atoms with Gasteiger partial charge in [0.15, 0.2) is 0 Å². The van der Waals surface area contributed by atoms with Crippen molar-refractivity contribution >= 4 is 34.9 Å². The average Bonchev–Trinajstić information content (AvgIpc) is 2.54. The van der Waals surface area contributed by atoms with E-state index in [1.165, 1.54) is 0 Å². The van der Waals surface area contributed by atoms with Gasteiger partial charge in [0, 0.05) is 38.4 Å². The van der Waals surface area contributed by atoms with Crippen molar-refractivity contribution in [1.82, 2.24) is 15.1 Å². The first-order chi connectivity index (χ1) is 11.0. The first-order valence-electron chi connectivity index (χ1n) is 7.85. The number of carbonyl (C=O) groups excluding carboxylic acids is 1. The molecule has 1 aliphatic heterocycles. The summed E-state index contributed by atoms with van der Waals surface area (Å²) in [6.07, 6.45) is 0.960. The Bertz CT molecular complexity index is 531. The van der Waals surface area contributed by atoms with E-state index < -0.39 is 0 Å². The molecular weight excluding hydrogens is 335 g/mol. The molecule has 1 N–H and O–H groups in total. The van der Waals surface area contributed by atoms with E-state index in [4.69, 9.17) is 23.2 Å². The maximum Gasteiger partial charge on any atom is 0.317 e. The van der Waals surface area contributed by atoms with Crippen LogP contribution < -0.4 is 10.2 Å². The fourth-order valence-electron chi connectivity index (χ4n) is 2.55. The van der Waals surface area contributed by atoms with Crippen LogP contribution in [0.2, 0.25) is 10.0 Å². The van der Waals surface area contributed by atoms with E-state index >= 15 is 0 Å². The van der Waals surface area contributed by atoms with E-state index in [1.54, 1.807) is 0 Å². The lowest BCUT2D eigenvalue weighted by atomic mass is 10.2. The summed E-state index contributed by atoms with van der Waals surface area (Å²) in [5.74, 6) is 0. The molecule has 2 amide bonds. The molecule has 1 heterocycles. The summed E-state index contributed by atoms with van der Waals surface area (Å²) < 4.78 is 0. The molecule has 0 atom stereocenters. The van der Waals surface area contributed by atoms with Crippen molar-refractivity contribution in [3.63, 3.8) is 0 Å². The second-order valence-corrected chi connectivity index (χ2v) is 6.78. The van der Waals surface area contributed by atoms with Crippen molar-refractivity contribution in [3.8, 4) is 0 Å². The zero-order valence-corrected chi connectivity index (χ0v) is 15.2. The van der Waals surface area contributed by atoms with Crippen molar-refractivity contribution in [2.24, 2.45) is 0 Å². The lowest BCUT2D eigenvalue weighted by molar-refractivity contribution is 0.194. The van der Waals surface area contributed by atoms with Gasteiger partial charge in [-0.2, -0.15) is 0 Å². The SMILES string of the molecule is CN(C)CCCNC(=O)N1CCN(c2ccc(Cl)c(Cl)c2)CC1. The minimum atomic E-state index is 0.0255. The Balaban J connectivity index is 1.76. The van der Waals surface area contributed by atoms with Gasteiger partial charge in [0.05, 0.1) is 10.0 Å². The number of amides is 2. The Morgan fingerprint density at radius 3 is 2.48 bits per heavy atom. The summed E-state index contributed by atoms with van der Waals surface area (Å²) in [5.41, 5.74) is 1.05. The topological polar surface area (TPSA) is 38.8 Å². The van der Waals surface area contributed by atoms with Crippen LogP contribution >= 0.6 is 23.2 Å². The number of carbonyl (C=O) groups is 1. The molecule has 5 nitrogen and oxygen atoms in total. The number of nitrogens with zero attached hydrogens (tertiary/aromatic N) is 3. The van der Waals surface area contributed by atoms with Crippen molar-refractivity contribution < 1.29 is 4.79 Å². The fraction of sp³-hybridized carbons (Fsp3) is 0.562. The molecule has 23 heavy (non-hydrogen) atoms. The number of halogens is 2. The number of nitrogens with one attached hydrogen (secondary N) is 1. The molecule has 1 saturated heterocycles. The lowest BCUT2D eigenvalue weighted by Gasteiger charge is -2.36. The van der Waals surface area contributed by atoms with Gasteiger partial charge in [0.1, 0.15) is 0 Å². The van der Waals surface area contributed by atoms with Crippen LogP contribution in [-0.2, 0) is 0 Å². The third-order valence-corrected chi connectivity index (χ3v) is 4.63. The monoisotopic (exact) mass is 358 g/mol. The number of hydrogen-bond acceptors (Lipinski definition) is 3. The minimum absolute atomic E-state index is 0.0255. The van der Waals surface area contributed by atoms with E-state index in [1.807, 2.05) is 37.2 Å². The molecule has 0 bridgehead atoms. The molecule has 0 spiro atoms. The first-order valence-corrected chi connectivity index (χ1v) is 8.60. The van der Waals surface area contributed by atoms with Gasteiger partial charge in [-0.3, -0.25) is 0 Å². The third-order valence-electron chi connectivity index (χ3n) is 3.89. The molecule has 2 rings (SSSR count). The van der Waals surface area contributed by atoms with Crippen LogP contribution in [0.4, 0.5) is 10.5 Å². The standard InChI is InChI=1S/C16H24Cl2N4O/c1-20(2)7-3-6-19-16(23)22-10-8-21(9-11-22)13-4-5-14(17)15(18)12-13/h4-5,12H,3,6-11H2,1-2H3,(H,19,23). The summed E-state index contributed by atoms with van der Waals surface area (Å²) >= 11 is 12.0. The van der Waals surface area contributed by atoms with E-state index in [2.05, 4.69) is 15.1 Å². The van der Waals surface area contributed by atoms with Gasteiger partial charge < -0.3 is 20.0 Å². The van der Waals surface area contributed by atoms with Gasteiger partial charge >= 0.3 is 6.03 Å². The van der Waals surface area contributed by atoms with Crippen molar-refractivity contribution in [3.05, 3.63) is 28.2 Å². The Morgan fingerprint density at radius 2 is 1.87 bits per heavy atom. The number of hydrogen-bond donors (Lipinski definition) is 1. The quantitative estimate of drug-likeness (QED) is 0.822. The molecule has 1 fully saturated rings. The average molecular weight is 359 g/mol.